The normalized spacial score (nSPS) is 11.1. The maximum atomic E-state index is 12.9. The third kappa shape index (κ3) is 7.74. The van der Waals surface area contributed by atoms with E-state index in [4.69, 9.17) is 5.26 Å². The fourth-order valence-electron chi connectivity index (χ4n) is 3.60. The molecule has 0 radical (unpaired) electrons. The van der Waals surface area contributed by atoms with Crippen LogP contribution in [0.4, 0.5) is 0 Å². The molecule has 1 heterocycles. The number of rotatable bonds is 12. The zero-order valence-corrected chi connectivity index (χ0v) is 18.0. The van der Waals surface area contributed by atoms with Crippen molar-refractivity contribution >= 4 is 0 Å². The first-order valence-electron chi connectivity index (χ1n) is 11.0. The van der Waals surface area contributed by atoms with Gasteiger partial charge in [-0.05, 0) is 43.2 Å². The lowest BCUT2D eigenvalue weighted by Crippen LogP contribution is -2.14. The Balaban J connectivity index is 1.92. The minimum atomic E-state index is 0.132. The van der Waals surface area contributed by atoms with Crippen LogP contribution in [-0.4, -0.2) is 4.57 Å². The summed E-state index contributed by atoms with van der Waals surface area (Å²) in [6.45, 7) is 2.10. The van der Waals surface area contributed by atoms with Gasteiger partial charge in [0.15, 0.2) is 5.43 Å². The highest BCUT2D eigenvalue weighted by molar-refractivity contribution is 5.63. The molecule has 0 N–H and O–H groups in total. The summed E-state index contributed by atoms with van der Waals surface area (Å²) in [7, 11) is 1.98. The predicted octanol–water partition coefficient (Wildman–Crippen LogP) is 6.36. The molecule has 0 aliphatic carbocycles. The Morgan fingerprint density at radius 3 is 2.34 bits per heavy atom. The van der Waals surface area contributed by atoms with E-state index in [1.165, 1.54) is 37.7 Å². The van der Waals surface area contributed by atoms with Crippen LogP contribution in [0.25, 0.3) is 11.1 Å². The van der Waals surface area contributed by atoms with Crippen LogP contribution in [-0.2, 0) is 19.9 Å². The number of aromatic nitrogens is 1. The predicted molar refractivity (Wildman–Crippen MR) is 122 cm³/mol. The zero-order chi connectivity index (χ0) is 20.9. The van der Waals surface area contributed by atoms with Crippen LogP contribution in [0.2, 0.25) is 0 Å². The second kappa shape index (κ2) is 12.8. The Labute approximate surface area is 175 Å². The SMILES string of the molecule is CC/C=C/Cc1cn(C)cc(-c2ccc(CCCCCCCCC#N)cc2)c1=O. The minimum Gasteiger partial charge on any atom is -0.356 e. The summed E-state index contributed by atoms with van der Waals surface area (Å²) in [6.07, 6.45) is 18.6. The smallest absolute Gasteiger partial charge is 0.192 e. The molecule has 0 saturated carbocycles. The summed E-state index contributed by atoms with van der Waals surface area (Å²) in [5.41, 5.74) is 4.07. The molecule has 0 saturated heterocycles. The highest BCUT2D eigenvalue weighted by atomic mass is 16.1. The molecule has 2 rings (SSSR count). The molecule has 2 aromatic rings. The quantitative estimate of drug-likeness (QED) is 0.313. The maximum Gasteiger partial charge on any atom is 0.192 e. The van der Waals surface area contributed by atoms with Crippen molar-refractivity contribution < 1.29 is 0 Å². The summed E-state index contributed by atoms with van der Waals surface area (Å²) in [4.78, 5) is 12.9. The molecular formula is C26H34N2O. The van der Waals surface area contributed by atoms with Crippen LogP contribution in [0.1, 0.15) is 69.4 Å². The molecule has 1 aromatic heterocycles. The van der Waals surface area contributed by atoms with Crippen molar-refractivity contribution in [2.24, 2.45) is 7.05 Å². The van der Waals surface area contributed by atoms with E-state index >= 15 is 0 Å². The summed E-state index contributed by atoms with van der Waals surface area (Å²) < 4.78 is 1.98. The van der Waals surface area contributed by atoms with Gasteiger partial charge in [0.1, 0.15) is 0 Å². The highest BCUT2D eigenvalue weighted by Crippen LogP contribution is 2.18. The third-order valence-corrected chi connectivity index (χ3v) is 5.24. The van der Waals surface area contributed by atoms with Crippen molar-refractivity contribution in [3.63, 3.8) is 0 Å². The van der Waals surface area contributed by atoms with Gasteiger partial charge in [-0.25, -0.2) is 0 Å². The van der Waals surface area contributed by atoms with Gasteiger partial charge in [-0.15, -0.1) is 0 Å². The number of hydrogen-bond acceptors (Lipinski definition) is 2. The van der Waals surface area contributed by atoms with Crippen LogP contribution < -0.4 is 5.43 Å². The molecule has 0 aliphatic rings. The Kier molecular flexibility index (Phi) is 10.00. The first-order chi connectivity index (χ1) is 14.2. The van der Waals surface area contributed by atoms with E-state index in [2.05, 4.69) is 49.4 Å². The van der Waals surface area contributed by atoms with Crippen molar-refractivity contribution in [3.8, 4) is 17.2 Å². The Bertz CT molecular complexity index is 869. The Morgan fingerprint density at radius 2 is 1.66 bits per heavy atom. The van der Waals surface area contributed by atoms with Gasteiger partial charge in [-0.1, -0.05) is 69.0 Å². The maximum absolute atomic E-state index is 12.9. The summed E-state index contributed by atoms with van der Waals surface area (Å²) in [5.74, 6) is 0. The number of aryl methyl sites for hydroxylation is 2. The molecule has 3 nitrogen and oxygen atoms in total. The highest BCUT2D eigenvalue weighted by Gasteiger charge is 2.08. The monoisotopic (exact) mass is 390 g/mol. The molecule has 0 atom stereocenters. The van der Waals surface area contributed by atoms with E-state index in [1.807, 2.05) is 24.0 Å². The first kappa shape index (κ1) is 22.7. The largest absolute Gasteiger partial charge is 0.356 e. The van der Waals surface area contributed by atoms with Crippen molar-refractivity contribution in [2.75, 3.05) is 0 Å². The fourth-order valence-corrected chi connectivity index (χ4v) is 3.60. The summed E-state index contributed by atoms with van der Waals surface area (Å²) >= 11 is 0. The number of nitriles is 1. The van der Waals surface area contributed by atoms with Gasteiger partial charge in [-0.3, -0.25) is 4.79 Å². The van der Waals surface area contributed by atoms with Gasteiger partial charge in [0.2, 0.25) is 0 Å². The molecule has 154 valence electrons. The van der Waals surface area contributed by atoms with Gasteiger partial charge in [0, 0.05) is 37.0 Å². The van der Waals surface area contributed by atoms with Crippen LogP contribution in [0, 0.1) is 11.3 Å². The minimum absolute atomic E-state index is 0.132. The molecule has 0 bridgehead atoms. The van der Waals surface area contributed by atoms with Crippen molar-refractivity contribution in [3.05, 3.63) is 70.2 Å². The number of benzene rings is 1. The first-order valence-corrected chi connectivity index (χ1v) is 11.0. The van der Waals surface area contributed by atoms with Crippen LogP contribution in [0.5, 0.6) is 0 Å². The fraction of sp³-hybridized carbons (Fsp3) is 0.462. The van der Waals surface area contributed by atoms with Crippen molar-refractivity contribution in [2.45, 2.75) is 71.1 Å². The average Bonchev–Trinajstić information content (AvgIpc) is 2.73. The molecule has 0 unspecified atom stereocenters. The number of nitrogens with zero attached hydrogens (tertiary/aromatic N) is 2. The zero-order valence-electron chi connectivity index (χ0n) is 18.0. The molecule has 0 aliphatic heterocycles. The van der Waals surface area contributed by atoms with Crippen LogP contribution in [0.15, 0.2) is 53.6 Å². The summed E-state index contributed by atoms with van der Waals surface area (Å²) in [6, 6.07) is 10.7. The lowest BCUT2D eigenvalue weighted by Gasteiger charge is -2.09. The number of pyridine rings is 1. The topological polar surface area (TPSA) is 45.8 Å². The number of allylic oxidation sites excluding steroid dienone is 2. The number of unbranched alkanes of at least 4 members (excludes halogenated alkanes) is 6. The van der Waals surface area contributed by atoms with E-state index in [-0.39, 0.29) is 5.43 Å². The van der Waals surface area contributed by atoms with Crippen molar-refractivity contribution in [1.29, 1.82) is 5.26 Å². The second-order valence-corrected chi connectivity index (χ2v) is 7.75. The second-order valence-electron chi connectivity index (χ2n) is 7.75. The molecule has 1 aromatic carbocycles. The van der Waals surface area contributed by atoms with E-state index in [1.54, 1.807) is 0 Å². The van der Waals surface area contributed by atoms with E-state index in [9.17, 15) is 4.79 Å². The standard InChI is InChI=1S/C26H34N2O/c1-3-4-10-14-24-20-28(2)21-25(26(24)29)23-17-15-22(16-18-23)13-11-8-6-5-7-9-12-19-27/h4,10,15-18,20-21H,3,5-9,11-14H2,1-2H3/b10-4+. The van der Waals surface area contributed by atoms with Gasteiger partial charge in [0.25, 0.3) is 0 Å². The van der Waals surface area contributed by atoms with Crippen molar-refractivity contribution in [1.82, 2.24) is 4.57 Å². The Hall–Kier alpha value is -2.60. The summed E-state index contributed by atoms with van der Waals surface area (Å²) in [5, 5.41) is 8.54. The average molecular weight is 391 g/mol. The Morgan fingerprint density at radius 1 is 0.966 bits per heavy atom. The molecule has 0 spiro atoms. The molecule has 29 heavy (non-hydrogen) atoms. The van der Waals surface area contributed by atoms with Gasteiger partial charge < -0.3 is 4.57 Å². The lowest BCUT2D eigenvalue weighted by molar-refractivity contribution is 0.598. The third-order valence-electron chi connectivity index (χ3n) is 5.24. The van der Waals surface area contributed by atoms with Gasteiger partial charge >= 0.3 is 0 Å². The lowest BCUT2D eigenvalue weighted by atomic mass is 10.00. The van der Waals surface area contributed by atoms with E-state index < -0.39 is 0 Å². The van der Waals surface area contributed by atoms with Gasteiger partial charge in [0.05, 0.1) is 6.07 Å². The van der Waals surface area contributed by atoms with Crippen LogP contribution >= 0.6 is 0 Å². The molecular weight excluding hydrogens is 356 g/mol. The van der Waals surface area contributed by atoms with E-state index in [0.29, 0.717) is 12.8 Å². The number of hydrogen-bond donors (Lipinski definition) is 0. The van der Waals surface area contributed by atoms with E-state index in [0.717, 1.165) is 36.0 Å². The molecule has 3 heteroatoms. The van der Waals surface area contributed by atoms with Gasteiger partial charge in [-0.2, -0.15) is 5.26 Å². The molecule has 0 amide bonds. The van der Waals surface area contributed by atoms with Crippen LogP contribution in [0.3, 0.4) is 0 Å². The molecule has 0 fully saturated rings.